The highest BCUT2D eigenvalue weighted by atomic mass is 19.4. The maximum absolute atomic E-state index is 11.9. The maximum atomic E-state index is 11.9. The lowest BCUT2D eigenvalue weighted by Crippen LogP contribution is -2.03. The molecule has 0 aromatic heterocycles. The second kappa shape index (κ2) is 6.24. The van der Waals surface area contributed by atoms with Crippen LogP contribution in [0.2, 0.25) is 0 Å². The molecule has 0 aliphatic carbocycles. The molecule has 0 unspecified atom stereocenters. The molecular weight excluding hydrogens is 237 g/mol. The number of hydrogen-bond acceptors (Lipinski definition) is 0. The predicted molar refractivity (Wildman–Crippen MR) is 67.4 cm³/mol. The molecule has 0 atom stereocenters. The lowest BCUT2D eigenvalue weighted by molar-refractivity contribution is -0.137. The molecule has 0 bridgehead atoms. The normalized spacial score (nSPS) is 10.5. The average Bonchev–Trinajstić information content (AvgIpc) is 2.30. The van der Waals surface area contributed by atoms with Gasteiger partial charge >= 0.3 is 6.18 Å². The quantitative estimate of drug-likeness (QED) is 0.618. The monoisotopic (exact) mass is 252 g/mol. The summed E-state index contributed by atoms with van der Waals surface area (Å²) < 4.78 is 35.8. The lowest BCUT2D eigenvalue weighted by Gasteiger charge is -2.05. The molecule has 0 fully saturated rings. The van der Waals surface area contributed by atoms with Gasteiger partial charge in [0.2, 0.25) is 0 Å². The van der Waals surface area contributed by atoms with Crippen LogP contribution in [-0.2, 0) is 6.18 Å². The Morgan fingerprint density at radius 3 is 1.44 bits per heavy atom. The molecule has 0 saturated heterocycles. The number of hydrogen-bond donors (Lipinski definition) is 0. The van der Waals surface area contributed by atoms with Crippen molar-refractivity contribution in [3.05, 3.63) is 71.3 Å². The molecule has 0 aliphatic heterocycles. The Bertz CT molecular complexity index is 455. The van der Waals surface area contributed by atoms with Crippen molar-refractivity contribution >= 4 is 0 Å². The van der Waals surface area contributed by atoms with E-state index in [-0.39, 0.29) is 0 Å². The van der Waals surface area contributed by atoms with Crippen LogP contribution in [0, 0.1) is 13.8 Å². The molecule has 0 N–H and O–H groups in total. The zero-order chi connectivity index (χ0) is 13.6. The van der Waals surface area contributed by atoms with Crippen LogP contribution in [0.5, 0.6) is 0 Å². The Morgan fingerprint density at radius 2 is 1.11 bits per heavy atom. The van der Waals surface area contributed by atoms with E-state index in [4.69, 9.17) is 0 Å². The highest BCUT2D eigenvalue weighted by molar-refractivity contribution is 5.23. The fraction of sp³-hybridized carbons (Fsp3) is 0.200. The Balaban J connectivity index is 0.000000199. The van der Waals surface area contributed by atoms with Gasteiger partial charge in [-0.15, -0.1) is 0 Å². The van der Waals surface area contributed by atoms with E-state index in [9.17, 15) is 13.2 Å². The van der Waals surface area contributed by atoms with Gasteiger partial charge in [-0.3, -0.25) is 0 Å². The smallest absolute Gasteiger partial charge is 0.166 e. The van der Waals surface area contributed by atoms with Crippen LogP contribution in [0.3, 0.4) is 0 Å². The first kappa shape index (κ1) is 14.3. The molecule has 3 heteroatoms. The van der Waals surface area contributed by atoms with Crippen LogP contribution in [0.4, 0.5) is 13.2 Å². The second-order valence-corrected chi connectivity index (χ2v) is 4.02. The van der Waals surface area contributed by atoms with Gasteiger partial charge < -0.3 is 0 Å². The predicted octanol–water partition coefficient (Wildman–Crippen LogP) is 5.01. The number of rotatable bonds is 0. The van der Waals surface area contributed by atoms with E-state index in [1.165, 1.54) is 17.7 Å². The number of halogens is 3. The Hall–Kier alpha value is -1.77. The van der Waals surface area contributed by atoms with Gasteiger partial charge in [-0.05, 0) is 26.0 Å². The summed E-state index contributed by atoms with van der Waals surface area (Å²) in [5.74, 6) is 0. The second-order valence-electron chi connectivity index (χ2n) is 4.02. The minimum absolute atomic E-state index is 0.594. The van der Waals surface area contributed by atoms with Crippen molar-refractivity contribution < 1.29 is 13.2 Å². The van der Waals surface area contributed by atoms with Crippen LogP contribution in [-0.4, -0.2) is 0 Å². The minimum Gasteiger partial charge on any atom is -0.166 e. The van der Waals surface area contributed by atoms with Crippen molar-refractivity contribution in [2.45, 2.75) is 20.0 Å². The van der Waals surface area contributed by atoms with Crippen molar-refractivity contribution in [2.75, 3.05) is 0 Å². The third-order valence-electron chi connectivity index (χ3n) is 2.32. The van der Waals surface area contributed by atoms with Crippen molar-refractivity contribution in [1.29, 1.82) is 0 Å². The molecule has 2 rings (SSSR count). The molecular formula is C15H15F3. The van der Waals surface area contributed by atoms with Crippen LogP contribution in [0.25, 0.3) is 0 Å². The van der Waals surface area contributed by atoms with E-state index >= 15 is 0 Å². The summed E-state index contributed by atoms with van der Waals surface area (Å²) in [7, 11) is 0. The summed E-state index contributed by atoms with van der Waals surface area (Å²) in [6.45, 7) is 3.83. The molecule has 2 aromatic carbocycles. The summed E-state index contributed by atoms with van der Waals surface area (Å²) >= 11 is 0. The number of alkyl halides is 3. The number of benzene rings is 2. The van der Waals surface area contributed by atoms with Crippen molar-refractivity contribution in [2.24, 2.45) is 0 Å². The van der Waals surface area contributed by atoms with Gasteiger partial charge in [0.15, 0.2) is 0 Å². The fourth-order valence-electron chi connectivity index (χ4n) is 1.28. The third-order valence-corrected chi connectivity index (χ3v) is 2.32. The highest BCUT2D eigenvalue weighted by Gasteiger charge is 2.29. The van der Waals surface area contributed by atoms with Crippen molar-refractivity contribution in [1.82, 2.24) is 0 Å². The van der Waals surface area contributed by atoms with E-state index in [1.807, 2.05) is 18.2 Å². The zero-order valence-corrected chi connectivity index (χ0v) is 10.3. The standard InChI is InChI=1S/C8H7F3.C7H8/c1-6-2-4-7(5-3-6)8(9,10)11;1-7-5-3-2-4-6-7/h2-5H,1H3;2-6H,1H3. The van der Waals surface area contributed by atoms with Crippen LogP contribution >= 0.6 is 0 Å². The molecule has 0 heterocycles. The summed E-state index contributed by atoms with van der Waals surface area (Å²) in [5.41, 5.74) is 1.56. The lowest BCUT2D eigenvalue weighted by atomic mass is 10.1. The van der Waals surface area contributed by atoms with E-state index in [2.05, 4.69) is 19.1 Å². The molecule has 18 heavy (non-hydrogen) atoms. The van der Waals surface area contributed by atoms with Crippen LogP contribution < -0.4 is 0 Å². The van der Waals surface area contributed by atoms with Gasteiger partial charge in [0.05, 0.1) is 5.56 Å². The van der Waals surface area contributed by atoms with Gasteiger partial charge in [-0.25, -0.2) is 0 Å². The highest BCUT2D eigenvalue weighted by Crippen LogP contribution is 2.28. The molecule has 0 amide bonds. The van der Waals surface area contributed by atoms with Crippen LogP contribution in [0.1, 0.15) is 16.7 Å². The molecule has 0 saturated carbocycles. The Kier molecular flexibility index (Phi) is 4.95. The Morgan fingerprint density at radius 1 is 0.667 bits per heavy atom. The average molecular weight is 252 g/mol. The topological polar surface area (TPSA) is 0 Å². The Labute approximate surface area is 105 Å². The summed E-state index contributed by atoms with van der Waals surface area (Å²) in [5, 5.41) is 0. The first-order chi connectivity index (χ1) is 8.39. The van der Waals surface area contributed by atoms with Crippen molar-refractivity contribution in [3.8, 4) is 0 Å². The minimum atomic E-state index is -4.21. The SMILES string of the molecule is Cc1ccc(C(F)(F)F)cc1.Cc1ccccc1. The van der Waals surface area contributed by atoms with Gasteiger partial charge in [0.25, 0.3) is 0 Å². The van der Waals surface area contributed by atoms with Gasteiger partial charge in [-0.1, -0.05) is 53.6 Å². The molecule has 2 aromatic rings. The fourth-order valence-corrected chi connectivity index (χ4v) is 1.28. The van der Waals surface area contributed by atoms with E-state index in [0.717, 1.165) is 17.7 Å². The molecule has 0 spiro atoms. The number of aryl methyl sites for hydroxylation is 2. The van der Waals surface area contributed by atoms with Gasteiger partial charge in [-0.2, -0.15) is 13.2 Å². The molecule has 0 aliphatic rings. The van der Waals surface area contributed by atoms with Gasteiger partial charge in [0, 0.05) is 0 Å². The maximum Gasteiger partial charge on any atom is 0.416 e. The summed E-state index contributed by atoms with van der Waals surface area (Å²) in [6, 6.07) is 15.3. The summed E-state index contributed by atoms with van der Waals surface area (Å²) in [4.78, 5) is 0. The first-order valence-corrected chi connectivity index (χ1v) is 5.55. The van der Waals surface area contributed by atoms with E-state index < -0.39 is 11.7 Å². The van der Waals surface area contributed by atoms with Crippen molar-refractivity contribution in [3.63, 3.8) is 0 Å². The van der Waals surface area contributed by atoms with Crippen LogP contribution in [0.15, 0.2) is 54.6 Å². The summed E-state index contributed by atoms with van der Waals surface area (Å²) in [6.07, 6.45) is -4.21. The third kappa shape index (κ3) is 5.04. The van der Waals surface area contributed by atoms with E-state index in [1.54, 1.807) is 6.92 Å². The first-order valence-electron chi connectivity index (χ1n) is 5.55. The zero-order valence-electron chi connectivity index (χ0n) is 10.3. The largest absolute Gasteiger partial charge is 0.416 e. The molecule has 96 valence electrons. The molecule has 0 radical (unpaired) electrons. The molecule has 0 nitrogen and oxygen atoms in total. The van der Waals surface area contributed by atoms with E-state index in [0.29, 0.717) is 0 Å². The van der Waals surface area contributed by atoms with Gasteiger partial charge in [0.1, 0.15) is 0 Å².